The van der Waals surface area contributed by atoms with Crippen LogP contribution in [0.4, 0.5) is 0 Å². The molecule has 2 nitrogen and oxygen atoms in total. The lowest BCUT2D eigenvalue weighted by Gasteiger charge is -2.13. The van der Waals surface area contributed by atoms with E-state index in [0.29, 0.717) is 0 Å². The van der Waals surface area contributed by atoms with Gasteiger partial charge in [-0.1, -0.05) is 60.7 Å². The Balaban J connectivity index is 2.10. The minimum absolute atomic E-state index is 0.741. The average molecular weight is 290 g/mol. The van der Waals surface area contributed by atoms with Crippen molar-refractivity contribution in [2.75, 3.05) is 14.2 Å². The highest BCUT2D eigenvalue weighted by Crippen LogP contribution is 2.38. The Hall–Kier alpha value is -2.74. The normalized spacial score (nSPS) is 10.3. The third-order valence-electron chi connectivity index (χ3n) is 3.68. The van der Waals surface area contributed by atoms with Gasteiger partial charge < -0.3 is 9.47 Å². The van der Waals surface area contributed by atoms with Crippen LogP contribution in [0.5, 0.6) is 11.5 Å². The summed E-state index contributed by atoms with van der Waals surface area (Å²) >= 11 is 0. The lowest BCUT2D eigenvalue weighted by Crippen LogP contribution is -1.93. The van der Waals surface area contributed by atoms with Crippen LogP contribution in [0.2, 0.25) is 0 Å². The quantitative estimate of drug-likeness (QED) is 0.670. The number of hydrogen-bond acceptors (Lipinski definition) is 2. The van der Waals surface area contributed by atoms with E-state index in [0.717, 1.165) is 22.6 Å². The first-order valence-corrected chi connectivity index (χ1v) is 7.20. The Bertz CT molecular complexity index is 764. The van der Waals surface area contributed by atoms with E-state index >= 15 is 0 Å². The van der Waals surface area contributed by atoms with Gasteiger partial charge in [-0.05, 0) is 28.8 Å². The molecule has 22 heavy (non-hydrogen) atoms. The van der Waals surface area contributed by atoms with E-state index in [1.165, 1.54) is 11.1 Å². The van der Waals surface area contributed by atoms with Crippen molar-refractivity contribution < 1.29 is 9.47 Å². The summed E-state index contributed by atoms with van der Waals surface area (Å²) < 4.78 is 10.9. The molecular weight excluding hydrogens is 272 g/mol. The molecule has 0 N–H and O–H groups in total. The number of ether oxygens (including phenoxy) is 2. The fourth-order valence-corrected chi connectivity index (χ4v) is 2.61. The molecule has 0 amide bonds. The molecule has 0 heterocycles. The van der Waals surface area contributed by atoms with E-state index in [1.54, 1.807) is 14.2 Å². The zero-order valence-corrected chi connectivity index (χ0v) is 12.7. The van der Waals surface area contributed by atoms with Crippen LogP contribution >= 0.6 is 0 Å². The van der Waals surface area contributed by atoms with Gasteiger partial charge in [0.05, 0.1) is 14.2 Å². The van der Waals surface area contributed by atoms with Gasteiger partial charge in [0, 0.05) is 5.56 Å². The lowest BCUT2D eigenvalue weighted by atomic mass is 9.98. The second-order valence-electron chi connectivity index (χ2n) is 4.99. The third kappa shape index (κ3) is 2.68. The predicted molar refractivity (Wildman–Crippen MR) is 90.4 cm³/mol. The van der Waals surface area contributed by atoms with Gasteiger partial charge in [-0.2, -0.15) is 0 Å². The second kappa shape index (κ2) is 6.35. The Morgan fingerprint density at radius 2 is 1.27 bits per heavy atom. The summed E-state index contributed by atoms with van der Waals surface area (Å²) in [7, 11) is 3.32. The minimum Gasteiger partial charge on any atom is -0.493 e. The molecule has 0 bridgehead atoms. The van der Waals surface area contributed by atoms with E-state index in [1.807, 2.05) is 36.4 Å². The molecule has 0 fully saturated rings. The molecule has 0 aliphatic carbocycles. The first-order chi connectivity index (χ1) is 10.8. The summed E-state index contributed by atoms with van der Waals surface area (Å²) in [4.78, 5) is 0. The second-order valence-corrected chi connectivity index (χ2v) is 4.99. The monoisotopic (exact) mass is 290 g/mol. The minimum atomic E-state index is 0.741. The van der Waals surface area contributed by atoms with Gasteiger partial charge in [0.1, 0.15) is 0 Å². The summed E-state index contributed by atoms with van der Waals surface area (Å²) in [6, 6.07) is 24.7. The molecule has 0 aliphatic rings. The first-order valence-electron chi connectivity index (χ1n) is 7.20. The fraction of sp³-hybridized carbons (Fsp3) is 0.100. The van der Waals surface area contributed by atoms with Crippen LogP contribution < -0.4 is 9.47 Å². The van der Waals surface area contributed by atoms with Crippen LogP contribution in [0.15, 0.2) is 72.8 Å². The number of hydrogen-bond donors (Lipinski definition) is 0. The molecule has 0 aliphatic heterocycles. The van der Waals surface area contributed by atoms with Gasteiger partial charge in [0.25, 0.3) is 0 Å². The van der Waals surface area contributed by atoms with Crippen molar-refractivity contribution >= 4 is 0 Å². The molecule has 0 saturated heterocycles. The van der Waals surface area contributed by atoms with Crippen molar-refractivity contribution in [2.45, 2.75) is 0 Å². The van der Waals surface area contributed by atoms with Gasteiger partial charge in [-0.15, -0.1) is 0 Å². The van der Waals surface area contributed by atoms with E-state index in [-0.39, 0.29) is 0 Å². The van der Waals surface area contributed by atoms with Gasteiger partial charge >= 0.3 is 0 Å². The fourth-order valence-electron chi connectivity index (χ4n) is 2.61. The average Bonchev–Trinajstić information content (AvgIpc) is 2.61. The number of benzene rings is 3. The highest BCUT2D eigenvalue weighted by atomic mass is 16.5. The van der Waals surface area contributed by atoms with E-state index in [9.17, 15) is 0 Å². The number of methoxy groups -OCH3 is 2. The Morgan fingerprint density at radius 1 is 0.591 bits per heavy atom. The Labute approximate surface area is 131 Å². The molecule has 0 unspecified atom stereocenters. The molecule has 110 valence electrons. The maximum Gasteiger partial charge on any atom is 0.168 e. The van der Waals surface area contributed by atoms with Crippen molar-refractivity contribution in [1.29, 1.82) is 0 Å². The summed E-state index contributed by atoms with van der Waals surface area (Å²) in [6.45, 7) is 0. The molecule has 0 spiro atoms. The Kier molecular flexibility index (Phi) is 4.10. The maximum atomic E-state index is 5.54. The number of para-hydroxylation sites is 1. The smallest absolute Gasteiger partial charge is 0.168 e. The lowest BCUT2D eigenvalue weighted by molar-refractivity contribution is 0.356. The van der Waals surface area contributed by atoms with Crippen molar-refractivity contribution in [3.63, 3.8) is 0 Å². The van der Waals surface area contributed by atoms with Crippen LogP contribution in [-0.2, 0) is 0 Å². The van der Waals surface area contributed by atoms with Crippen LogP contribution in [-0.4, -0.2) is 14.2 Å². The largest absolute Gasteiger partial charge is 0.493 e. The van der Waals surface area contributed by atoms with E-state index in [4.69, 9.17) is 9.47 Å². The molecule has 3 aromatic rings. The zero-order valence-electron chi connectivity index (χ0n) is 12.7. The predicted octanol–water partition coefficient (Wildman–Crippen LogP) is 5.04. The van der Waals surface area contributed by atoms with Gasteiger partial charge in [-0.25, -0.2) is 0 Å². The van der Waals surface area contributed by atoms with Crippen LogP contribution in [0.3, 0.4) is 0 Å². The zero-order chi connectivity index (χ0) is 15.4. The molecule has 0 aromatic heterocycles. The van der Waals surface area contributed by atoms with Crippen LogP contribution in [0, 0.1) is 0 Å². The van der Waals surface area contributed by atoms with Gasteiger partial charge in [0.15, 0.2) is 11.5 Å². The number of rotatable bonds is 4. The topological polar surface area (TPSA) is 18.5 Å². The SMILES string of the molecule is COc1cccc(-c2cccc(-c3ccccc3)c2)c1OC. The summed E-state index contributed by atoms with van der Waals surface area (Å²) in [6.07, 6.45) is 0. The van der Waals surface area contributed by atoms with Gasteiger partial charge in [-0.3, -0.25) is 0 Å². The first kappa shape index (κ1) is 14.2. The molecule has 2 heteroatoms. The molecule has 0 atom stereocenters. The molecule has 0 saturated carbocycles. The molecule has 3 rings (SSSR count). The Morgan fingerprint density at radius 3 is 2.00 bits per heavy atom. The van der Waals surface area contributed by atoms with Crippen molar-refractivity contribution in [2.24, 2.45) is 0 Å². The van der Waals surface area contributed by atoms with E-state index in [2.05, 4.69) is 36.4 Å². The molecule has 0 radical (unpaired) electrons. The van der Waals surface area contributed by atoms with Gasteiger partial charge in [0.2, 0.25) is 0 Å². The van der Waals surface area contributed by atoms with Crippen molar-refractivity contribution in [3.05, 3.63) is 72.8 Å². The highest BCUT2D eigenvalue weighted by molar-refractivity contribution is 5.78. The summed E-state index contributed by atoms with van der Waals surface area (Å²) in [5, 5.41) is 0. The third-order valence-corrected chi connectivity index (χ3v) is 3.68. The molecular formula is C20H18O2. The standard InChI is InChI=1S/C20H18O2/c1-21-19-13-7-12-18(20(19)22-2)17-11-6-10-16(14-17)15-8-4-3-5-9-15/h3-14H,1-2H3. The maximum absolute atomic E-state index is 5.54. The van der Waals surface area contributed by atoms with Crippen LogP contribution in [0.1, 0.15) is 0 Å². The summed E-state index contributed by atoms with van der Waals surface area (Å²) in [5.41, 5.74) is 4.52. The van der Waals surface area contributed by atoms with Crippen molar-refractivity contribution in [3.8, 4) is 33.8 Å². The van der Waals surface area contributed by atoms with E-state index < -0.39 is 0 Å². The molecule has 3 aromatic carbocycles. The summed E-state index contributed by atoms with van der Waals surface area (Å²) in [5.74, 6) is 1.50. The van der Waals surface area contributed by atoms with Crippen molar-refractivity contribution in [1.82, 2.24) is 0 Å². The van der Waals surface area contributed by atoms with Crippen LogP contribution in [0.25, 0.3) is 22.3 Å². The highest BCUT2D eigenvalue weighted by Gasteiger charge is 2.11.